The smallest absolute Gasteiger partial charge is 0.337 e. The molecule has 2 N–H and O–H groups in total. The highest BCUT2D eigenvalue weighted by atomic mass is 16.5. The van der Waals surface area contributed by atoms with Crippen molar-refractivity contribution in [2.45, 2.75) is 6.54 Å². The molecule has 3 rings (SSSR count). The Morgan fingerprint density at radius 2 is 1.78 bits per heavy atom. The highest BCUT2D eigenvalue weighted by Crippen LogP contribution is 2.31. The van der Waals surface area contributed by atoms with Crippen LogP contribution in [0, 0.1) is 0 Å². The van der Waals surface area contributed by atoms with Gasteiger partial charge in [-0.25, -0.2) is 9.78 Å². The van der Waals surface area contributed by atoms with Gasteiger partial charge in [-0.1, -0.05) is 30.3 Å². The van der Waals surface area contributed by atoms with Gasteiger partial charge in [0.15, 0.2) is 5.82 Å². The van der Waals surface area contributed by atoms with Gasteiger partial charge >= 0.3 is 5.97 Å². The molecule has 7 heteroatoms. The number of hydrogen-bond donors (Lipinski definition) is 1. The zero-order valence-electron chi connectivity index (χ0n) is 15.1. The van der Waals surface area contributed by atoms with Gasteiger partial charge in [0, 0.05) is 13.6 Å². The molecule has 138 valence electrons. The fourth-order valence-corrected chi connectivity index (χ4v) is 2.58. The van der Waals surface area contributed by atoms with Crippen molar-refractivity contribution in [2.24, 2.45) is 0 Å². The van der Waals surface area contributed by atoms with Crippen LogP contribution < -0.4 is 15.4 Å². The van der Waals surface area contributed by atoms with E-state index in [2.05, 4.69) is 14.7 Å². The van der Waals surface area contributed by atoms with Crippen LogP contribution in [0.15, 0.2) is 60.9 Å². The minimum atomic E-state index is -0.409. The van der Waals surface area contributed by atoms with Gasteiger partial charge in [-0.05, 0) is 29.8 Å². The van der Waals surface area contributed by atoms with Crippen LogP contribution >= 0.6 is 0 Å². The average molecular weight is 364 g/mol. The number of methoxy groups -OCH3 is 1. The number of carbonyl (C=O) groups excluding carboxylic acids is 1. The maximum Gasteiger partial charge on any atom is 0.337 e. The van der Waals surface area contributed by atoms with Crippen LogP contribution in [0.2, 0.25) is 0 Å². The van der Waals surface area contributed by atoms with Gasteiger partial charge in [0.05, 0.1) is 12.7 Å². The third-order valence-electron chi connectivity index (χ3n) is 3.94. The Bertz CT molecular complexity index is 914. The largest absolute Gasteiger partial charge is 0.465 e. The average Bonchev–Trinajstić information content (AvgIpc) is 2.70. The molecule has 0 radical (unpaired) electrons. The van der Waals surface area contributed by atoms with Crippen molar-refractivity contribution in [1.29, 1.82) is 0 Å². The van der Waals surface area contributed by atoms with E-state index in [0.29, 0.717) is 29.4 Å². The first kappa shape index (κ1) is 18.2. The molecule has 0 bridgehead atoms. The Morgan fingerprint density at radius 1 is 1.07 bits per heavy atom. The Hall–Kier alpha value is -3.61. The normalized spacial score (nSPS) is 10.3. The Morgan fingerprint density at radius 3 is 2.44 bits per heavy atom. The van der Waals surface area contributed by atoms with Crippen molar-refractivity contribution >= 4 is 17.5 Å². The Kier molecular flexibility index (Phi) is 5.51. The summed E-state index contributed by atoms with van der Waals surface area (Å²) >= 11 is 0. The molecule has 0 aliphatic heterocycles. The number of esters is 1. The molecule has 0 unspecified atom stereocenters. The van der Waals surface area contributed by atoms with E-state index < -0.39 is 5.97 Å². The number of anilines is 2. The number of nitrogens with two attached hydrogens (primary N) is 1. The van der Waals surface area contributed by atoms with E-state index >= 15 is 0 Å². The lowest BCUT2D eigenvalue weighted by molar-refractivity contribution is 0.0600. The van der Waals surface area contributed by atoms with E-state index in [-0.39, 0.29) is 5.88 Å². The molecule has 0 spiro atoms. The second-order valence-electron chi connectivity index (χ2n) is 5.88. The second-order valence-corrected chi connectivity index (χ2v) is 5.88. The minimum absolute atomic E-state index is 0.255. The molecule has 27 heavy (non-hydrogen) atoms. The van der Waals surface area contributed by atoms with E-state index in [1.54, 1.807) is 24.3 Å². The molecule has 0 fully saturated rings. The number of nitrogens with zero attached hydrogens (tertiary/aromatic N) is 3. The van der Waals surface area contributed by atoms with Gasteiger partial charge in [0.1, 0.15) is 17.8 Å². The summed E-state index contributed by atoms with van der Waals surface area (Å²) in [6.45, 7) is 0.648. The topological polar surface area (TPSA) is 90.6 Å². The second kappa shape index (κ2) is 8.18. The van der Waals surface area contributed by atoms with Crippen LogP contribution in [-0.4, -0.2) is 30.1 Å². The summed E-state index contributed by atoms with van der Waals surface area (Å²) in [5.41, 5.74) is 8.13. The van der Waals surface area contributed by atoms with Crippen LogP contribution in [0.25, 0.3) is 0 Å². The zero-order chi connectivity index (χ0) is 19.2. The summed E-state index contributed by atoms with van der Waals surface area (Å²) < 4.78 is 10.4. The first-order valence-corrected chi connectivity index (χ1v) is 8.30. The predicted octanol–water partition coefficient (Wildman–Crippen LogP) is 3.27. The fraction of sp³-hybridized carbons (Fsp3) is 0.150. The number of aromatic nitrogens is 2. The molecule has 2 aromatic carbocycles. The molecule has 3 aromatic rings. The van der Waals surface area contributed by atoms with E-state index in [1.807, 2.05) is 42.3 Å². The highest BCUT2D eigenvalue weighted by molar-refractivity contribution is 5.89. The molecule has 7 nitrogen and oxygen atoms in total. The molecule has 0 atom stereocenters. The van der Waals surface area contributed by atoms with Crippen LogP contribution in [0.5, 0.6) is 11.6 Å². The predicted molar refractivity (Wildman–Crippen MR) is 103 cm³/mol. The summed E-state index contributed by atoms with van der Waals surface area (Å²) in [4.78, 5) is 21.8. The van der Waals surface area contributed by atoms with Gasteiger partial charge in [-0.2, -0.15) is 4.98 Å². The van der Waals surface area contributed by atoms with E-state index in [1.165, 1.54) is 13.4 Å². The maximum atomic E-state index is 11.5. The SMILES string of the molecule is COC(=O)c1ccc(Oc2ncnc(N(C)Cc3ccccc3)c2N)cc1. The van der Waals surface area contributed by atoms with Crippen LogP contribution in [0.1, 0.15) is 15.9 Å². The summed E-state index contributed by atoms with van der Waals surface area (Å²) in [7, 11) is 3.24. The van der Waals surface area contributed by atoms with Crippen LogP contribution in [0.4, 0.5) is 11.5 Å². The van der Waals surface area contributed by atoms with Crippen LogP contribution in [-0.2, 0) is 11.3 Å². The molecule has 1 heterocycles. The molecule has 1 aromatic heterocycles. The fourth-order valence-electron chi connectivity index (χ4n) is 2.58. The van der Waals surface area contributed by atoms with E-state index in [0.717, 1.165) is 5.56 Å². The number of hydrogen-bond acceptors (Lipinski definition) is 7. The first-order valence-electron chi connectivity index (χ1n) is 8.30. The quantitative estimate of drug-likeness (QED) is 0.671. The standard InChI is InChI=1S/C20H20N4O3/c1-24(12-14-6-4-3-5-7-14)18-17(21)19(23-13-22-18)27-16-10-8-15(9-11-16)20(25)26-2/h3-11,13H,12,21H2,1-2H3. The molecule has 0 saturated heterocycles. The Labute approximate surface area is 157 Å². The van der Waals surface area contributed by atoms with Crippen molar-refractivity contribution in [2.75, 3.05) is 24.8 Å². The molecule has 0 saturated carbocycles. The van der Waals surface area contributed by atoms with Crippen molar-refractivity contribution in [3.63, 3.8) is 0 Å². The van der Waals surface area contributed by atoms with Gasteiger partial charge in [-0.15, -0.1) is 0 Å². The van der Waals surface area contributed by atoms with Gasteiger partial charge in [-0.3, -0.25) is 0 Å². The van der Waals surface area contributed by atoms with E-state index in [4.69, 9.17) is 10.5 Å². The lowest BCUT2D eigenvalue weighted by Crippen LogP contribution is -2.19. The molecule has 0 amide bonds. The number of carbonyl (C=O) groups is 1. The van der Waals surface area contributed by atoms with Crippen LogP contribution in [0.3, 0.4) is 0 Å². The van der Waals surface area contributed by atoms with Crippen molar-refractivity contribution in [3.8, 4) is 11.6 Å². The zero-order valence-corrected chi connectivity index (χ0v) is 15.1. The maximum absolute atomic E-state index is 11.5. The number of benzene rings is 2. The number of nitrogen functional groups attached to an aromatic ring is 1. The third-order valence-corrected chi connectivity index (χ3v) is 3.94. The molecular weight excluding hydrogens is 344 g/mol. The van der Waals surface area contributed by atoms with Gasteiger partial charge in [0.25, 0.3) is 0 Å². The summed E-state index contributed by atoms with van der Waals surface area (Å²) in [5.74, 6) is 0.929. The third kappa shape index (κ3) is 4.33. The number of rotatable bonds is 6. The Balaban J connectivity index is 1.77. The van der Waals surface area contributed by atoms with Crippen molar-refractivity contribution < 1.29 is 14.3 Å². The summed E-state index contributed by atoms with van der Waals surface area (Å²) in [5, 5.41) is 0. The van der Waals surface area contributed by atoms with Crippen molar-refractivity contribution in [3.05, 3.63) is 72.1 Å². The molecule has 0 aliphatic rings. The highest BCUT2D eigenvalue weighted by Gasteiger charge is 2.14. The van der Waals surface area contributed by atoms with Crippen molar-refractivity contribution in [1.82, 2.24) is 9.97 Å². The van der Waals surface area contributed by atoms with Gasteiger partial charge in [0.2, 0.25) is 5.88 Å². The monoisotopic (exact) mass is 364 g/mol. The van der Waals surface area contributed by atoms with Gasteiger partial charge < -0.3 is 20.1 Å². The minimum Gasteiger partial charge on any atom is -0.465 e. The summed E-state index contributed by atoms with van der Waals surface area (Å²) in [6.07, 6.45) is 1.41. The number of ether oxygens (including phenoxy) is 2. The molecular formula is C20H20N4O3. The summed E-state index contributed by atoms with van der Waals surface area (Å²) in [6, 6.07) is 16.5. The van der Waals surface area contributed by atoms with E-state index in [9.17, 15) is 4.79 Å². The lowest BCUT2D eigenvalue weighted by atomic mass is 10.2. The molecule has 0 aliphatic carbocycles. The first-order chi connectivity index (χ1) is 13.1. The lowest BCUT2D eigenvalue weighted by Gasteiger charge is -2.20.